The second kappa shape index (κ2) is 9.75. The summed E-state index contributed by atoms with van der Waals surface area (Å²) in [5, 5.41) is 24.8. The lowest BCUT2D eigenvalue weighted by Gasteiger charge is -2.14. The minimum absolute atomic E-state index is 0.130. The van der Waals surface area contributed by atoms with E-state index in [0.29, 0.717) is 22.3 Å². The van der Waals surface area contributed by atoms with Gasteiger partial charge in [-0.1, -0.05) is 17.8 Å². The molecule has 1 fully saturated rings. The van der Waals surface area contributed by atoms with E-state index in [1.807, 2.05) is 17.5 Å². The van der Waals surface area contributed by atoms with Crippen molar-refractivity contribution in [3.63, 3.8) is 0 Å². The third-order valence-corrected chi connectivity index (χ3v) is 8.78. The van der Waals surface area contributed by atoms with Crippen LogP contribution >= 0.6 is 34.4 Å². The molecule has 0 saturated carbocycles. The van der Waals surface area contributed by atoms with Gasteiger partial charge in [-0.3, -0.25) is 9.36 Å². The van der Waals surface area contributed by atoms with Crippen LogP contribution in [0.25, 0.3) is 10.7 Å². The summed E-state index contributed by atoms with van der Waals surface area (Å²) < 4.78 is 7.91. The van der Waals surface area contributed by atoms with Gasteiger partial charge >= 0.3 is 0 Å². The molecule has 0 radical (unpaired) electrons. The van der Waals surface area contributed by atoms with E-state index >= 15 is 0 Å². The Hall–Kier alpha value is -2.19. The number of anilines is 1. The number of amides is 1. The monoisotopic (exact) mass is 485 g/mol. The van der Waals surface area contributed by atoms with E-state index in [9.17, 15) is 10.1 Å². The number of thioether (sulfide) groups is 1. The zero-order valence-electron chi connectivity index (χ0n) is 17.5. The van der Waals surface area contributed by atoms with Crippen molar-refractivity contribution in [1.29, 1.82) is 5.26 Å². The molecule has 4 heterocycles. The van der Waals surface area contributed by atoms with Crippen LogP contribution in [0.2, 0.25) is 0 Å². The SMILES string of the molecule is N#Cc1c(NC(=O)CSc2nnc(-c3cccs3)n2C[C@@H]2CCCO2)sc2c1CCCC2. The lowest BCUT2D eigenvalue weighted by atomic mass is 9.96. The Kier molecular flexibility index (Phi) is 6.59. The average molecular weight is 486 g/mol. The van der Waals surface area contributed by atoms with E-state index in [1.54, 1.807) is 22.7 Å². The Bertz CT molecular complexity index is 1140. The van der Waals surface area contributed by atoms with Crippen molar-refractivity contribution in [3.8, 4) is 16.8 Å². The highest BCUT2D eigenvalue weighted by atomic mass is 32.2. The van der Waals surface area contributed by atoms with Gasteiger partial charge in [-0.15, -0.1) is 32.9 Å². The minimum atomic E-state index is -0.130. The Labute approximate surface area is 198 Å². The number of nitrogens with one attached hydrogen (secondary N) is 1. The number of thiophene rings is 2. The number of carbonyl (C=O) groups is 1. The number of hydrogen-bond donors (Lipinski definition) is 1. The van der Waals surface area contributed by atoms with Crippen molar-refractivity contribution in [3.05, 3.63) is 33.5 Å². The molecular formula is C22H23N5O2S3. The third kappa shape index (κ3) is 4.48. The summed E-state index contributed by atoms with van der Waals surface area (Å²) in [5.74, 6) is 0.896. The minimum Gasteiger partial charge on any atom is -0.376 e. The first-order valence-electron chi connectivity index (χ1n) is 10.8. The maximum Gasteiger partial charge on any atom is 0.235 e. The lowest BCUT2D eigenvalue weighted by Crippen LogP contribution is -2.18. The number of aryl methyl sites for hydroxylation is 1. The molecule has 1 saturated heterocycles. The first kappa shape index (κ1) is 21.6. The predicted molar refractivity (Wildman–Crippen MR) is 127 cm³/mol. The summed E-state index contributed by atoms with van der Waals surface area (Å²) in [4.78, 5) is 15.0. The number of fused-ring (bicyclic) bond motifs is 1. The Morgan fingerprint density at radius 3 is 3.03 bits per heavy atom. The summed E-state index contributed by atoms with van der Waals surface area (Å²) >= 11 is 4.55. The maximum absolute atomic E-state index is 12.7. The molecule has 0 bridgehead atoms. The van der Waals surface area contributed by atoms with Gasteiger partial charge in [0.15, 0.2) is 11.0 Å². The van der Waals surface area contributed by atoms with Crippen LogP contribution in [0, 0.1) is 11.3 Å². The second-order valence-electron chi connectivity index (χ2n) is 7.89. The van der Waals surface area contributed by atoms with Crippen LogP contribution in [-0.2, 0) is 28.9 Å². The molecule has 5 rings (SSSR count). The summed E-state index contributed by atoms with van der Waals surface area (Å²) in [6.07, 6.45) is 6.41. The van der Waals surface area contributed by atoms with E-state index in [1.165, 1.54) is 16.6 Å². The molecule has 1 aliphatic carbocycles. The summed E-state index contributed by atoms with van der Waals surface area (Å²) in [6, 6.07) is 6.33. The standard InChI is InChI=1S/C22H23N5O2S3/c23-11-16-15-6-1-2-7-17(15)32-21(16)24-19(28)13-31-22-26-25-20(18-8-4-10-30-18)27(22)12-14-5-3-9-29-14/h4,8,10,14H,1-3,5-7,9,12-13H2,(H,24,28)/t14-/m0/s1. The van der Waals surface area contributed by atoms with Crippen molar-refractivity contribution in [2.45, 2.75) is 56.3 Å². The molecule has 0 aromatic carbocycles. The van der Waals surface area contributed by atoms with Gasteiger partial charge in [0.2, 0.25) is 5.91 Å². The van der Waals surface area contributed by atoms with E-state index in [4.69, 9.17) is 4.74 Å². The quantitative estimate of drug-likeness (QED) is 0.487. The van der Waals surface area contributed by atoms with Crippen LogP contribution in [0.5, 0.6) is 0 Å². The van der Waals surface area contributed by atoms with Crippen LogP contribution in [0.1, 0.15) is 41.7 Å². The van der Waals surface area contributed by atoms with Gasteiger partial charge in [-0.25, -0.2) is 0 Å². The molecule has 32 heavy (non-hydrogen) atoms. The fourth-order valence-corrected chi connectivity index (χ4v) is 6.93. The van der Waals surface area contributed by atoms with Crippen molar-refractivity contribution in [2.75, 3.05) is 17.7 Å². The van der Waals surface area contributed by atoms with Gasteiger partial charge in [0.25, 0.3) is 0 Å². The predicted octanol–water partition coefficient (Wildman–Crippen LogP) is 4.73. The lowest BCUT2D eigenvalue weighted by molar-refractivity contribution is -0.113. The van der Waals surface area contributed by atoms with Gasteiger partial charge < -0.3 is 10.1 Å². The molecule has 3 aromatic rings. The van der Waals surface area contributed by atoms with Crippen LogP contribution in [0.4, 0.5) is 5.00 Å². The Morgan fingerprint density at radius 1 is 1.34 bits per heavy atom. The van der Waals surface area contributed by atoms with E-state index in [-0.39, 0.29) is 17.8 Å². The van der Waals surface area contributed by atoms with Gasteiger partial charge in [0.05, 0.1) is 28.8 Å². The fourth-order valence-electron chi connectivity index (χ4n) is 4.21. The molecule has 1 atom stereocenters. The first-order chi connectivity index (χ1) is 15.7. The number of nitrogens with zero attached hydrogens (tertiary/aromatic N) is 4. The molecule has 0 spiro atoms. The number of ether oxygens (including phenoxy) is 1. The number of aromatic nitrogens is 3. The van der Waals surface area contributed by atoms with Crippen LogP contribution in [0.3, 0.4) is 0 Å². The highest BCUT2D eigenvalue weighted by molar-refractivity contribution is 7.99. The van der Waals surface area contributed by atoms with E-state index in [0.717, 1.165) is 61.4 Å². The largest absolute Gasteiger partial charge is 0.376 e. The van der Waals surface area contributed by atoms with Crippen molar-refractivity contribution >= 4 is 45.3 Å². The normalized spacial score (nSPS) is 17.8. The molecule has 7 nitrogen and oxygen atoms in total. The first-order valence-corrected chi connectivity index (χ1v) is 13.5. The highest BCUT2D eigenvalue weighted by Crippen LogP contribution is 2.38. The number of hydrogen-bond acceptors (Lipinski definition) is 8. The van der Waals surface area contributed by atoms with Crippen LogP contribution in [-0.4, -0.2) is 39.1 Å². The molecule has 3 aromatic heterocycles. The van der Waals surface area contributed by atoms with Crippen LogP contribution < -0.4 is 5.32 Å². The Balaban J connectivity index is 1.30. The average Bonchev–Trinajstić information content (AvgIpc) is 3.59. The topological polar surface area (TPSA) is 92.8 Å². The smallest absolute Gasteiger partial charge is 0.235 e. The van der Waals surface area contributed by atoms with Gasteiger partial charge in [0.1, 0.15) is 11.1 Å². The number of rotatable bonds is 7. The van der Waals surface area contributed by atoms with E-state index < -0.39 is 0 Å². The molecule has 2 aliphatic rings. The van der Waals surface area contributed by atoms with Gasteiger partial charge in [-0.2, -0.15) is 5.26 Å². The van der Waals surface area contributed by atoms with Gasteiger partial charge in [-0.05, 0) is 55.5 Å². The molecule has 166 valence electrons. The molecule has 1 N–H and O–H groups in total. The van der Waals surface area contributed by atoms with Crippen molar-refractivity contribution in [2.24, 2.45) is 0 Å². The van der Waals surface area contributed by atoms with E-state index in [2.05, 4.69) is 26.2 Å². The molecule has 1 aliphatic heterocycles. The Morgan fingerprint density at radius 2 is 2.25 bits per heavy atom. The highest BCUT2D eigenvalue weighted by Gasteiger charge is 2.24. The number of nitriles is 1. The summed E-state index contributed by atoms with van der Waals surface area (Å²) in [7, 11) is 0. The molecule has 10 heteroatoms. The fraction of sp³-hybridized carbons (Fsp3) is 0.455. The zero-order chi connectivity index (χ0) is 21.9. The van der Waals surface area contributed by atoms with Crippen LogP contribution in [0.15, 0.2) is 22.7 Å². The zero-order valence-corrected chi connectivity index (χ0v) is 20.0. The van der Waals surface area contributed by atoms with Crippen molar-refractivity contribution in [1.82, 2.24) is 14.8 Å². The van der Waals surface area contributed by atoms with Gasteiger partial charge in [0, 0.05) is 11.5 Å². The number of carbonyl (C=O) groups excluding carboxylic acids is 1. The molecule has 0 unspecified atom stereocenters. The maximum atomic E-state index is 12.7. The third-order valence-electron chi connectivity index (χ3n) is 5.74. The second-order valence-corrected chi connectivity index (χ2v) is 10.9. The summed E-state index contributed by atoms with van der Waals surface area (Å²) in [5.41, 5.74) is 1.77. The molecular weight excluding hydrogens is 462 g/mol. The summed E-state index contributed by atoms with van der Waals surface area (Å²) in [6.45, 7) is 1.47. The van der Waals surface area contributed by atoms with Crippen molar-refractivity contribution < 1.29 is 9.53 Å². The molecule has 1 amide bonds.